The molecule has 9 nitrogen and oxygen atoms in total. The van der Waals surface area contributed by atoms with Crippen LogP contribution in [0.4, 0.5) is 28.8 Å². The van der Waals surface area contributed by atoms with E-state index in [4.69, 9.17) is 4.74 Å². The molecule has 0 aliphatic rings. The van der Waals surface area contributed by atoms with Crippen LogP contribution in [0.5, 0.6) is 5.75 Å². The fraction of sp³-hybridized carbons (Fsp3) is 0.0870. The Morgan fingerprint density at radius 1 is 0.875 bits per heavy atom. The average molecular weight is 427 g/mol. The molecule has 0 unspecified atom stereocenters. The first-order valence-corrected chi connectivity index (χ1v) is 9.80. The predicted molar refractivity (Wildman–Crippen MR) is 123 cm³/mol. The molecule has 4 aromatic rings. The van der Waals surface area contributed by atoms with Crippen molar-refractivity contribution in [3.63, 3.8) is 0 Å². The van der Waals surface area contributed by atoms with Crippen LogP contribution in [0.1, 0.15) is 16.2 Å². The number of aromatic nitrogens is 4. The van der Waals surface area contributed by atoms with E-state index in [0.29, 0.717) is 17.5 Å². The molecule has 2 aromatic heterocycles. The maximum absolute atomic E-state index is 12.2. The zero-order valence-corrected chi connectivity index (χ0v) is 17.5. The van der Waals surface area contributed by atoms with Crippen LogP contribution in [-0.4, -0.2) is 33.0 Å². The SMILES string of the molecule is COc1ccc(Nc2cc(C)nc(Nc3ccc(NC(=O)c4cnccn4)cc3)n2)cc1. The van der Waals surface area contributed by atoms with Crippen molar-refractivity contribution in [2.75, 3.05) is 23.1 Å². The van der Waals surface area contributed by atoms with Crippen molar-refractivity contribution in [1.29, 1.82) is 0 Å². The second kappa shape index (κ2) is 9.52. The van der Waals surface area contributed by atoms with Crippen molar-refractivity contribution in [3.8, 4) is 5.75 Å². The first kappa shape index (κ1) is 20.7. The summed E-state index contributed by atoms with van der Waals surface area (Å²) in [5.74, 6) is 1.58. The summed E-state index contributed by atoms with van der Waals surface area (Å²) >= 11 is 0. The van der Waals surface area contributed by atoms with Gasteiger partial charge in [-0.1, -0.05) is 0 Å². The second-order valence-corrected chi connectivity index (χ2v) is 6.82. The number of hydrogen-bond acceptors (Lipinski definition) is 8. The maximum Gasteiger partial charge on any atom is 0.275 e. The van der Waals surface area contributed by atoms with Crippen LogP contribution < -0.4 is 20.7 Å². The molecule has 4 rings (SSSR count). The maximum atomic E-state index is 12.2. The molecule has 0 saturated heterocycles. The summed E-state index contributed by atoms with van der Waals surface area (Å²) in [6.07, 6.45) is 4.40. The van der Waals surface area contributed by atoms with Gasteiger partial charge in [-0.05, 0) is 55.5 Å². The second-order valence-electron chi connectivity index (χ2n) is 6.82. The van der Waals surface area contributed by atoms with Crippen LogP contribution in [0.2, 0.25) is 0 Å². The highest BCUT2D eigenvalue weighted by Crippen LogP contribution is 2.22. The number of amides is 1. The van der Waals surface area contributed by atoms with Crippen molar-refractivity contribution >= 4 is 34.7 Å². The Morgan fingerprint density at radius 2 is 1.56 bits per heavy atom. The van der Waals surface area contributed by atoms with Gasteiger partial charge in [0.1, 0.15) is 17.3 Å². The topological polar surface area (TPSA) is 114 Å². The number of hydrogen-bond donors (Lipinski definition) is 3. The van der Waals surface area contributed by atoms with Gasteiger partial charge < -0.3 is 20.7 Å². The molecule has 0 aliphatic carbocycles. The molecule has 3 N–H and O–H groups in total. The molecule has 0 saturated carbocycles. The highest BCUT2D eigenvalue weighted by Gasteiger charge is 2.08. The van der Waals surface area contributed by atoms with Crippen molar-refractivity contribution in [3.05, 3.63) is 84.6 Å². The molecular weight excluding hydrogens is 406 g/mol. The van der Waals surface area contributed by atoms with Crippen LogP contribution >= 0.6 is 0 Å². The first-order chi connectivity index (χ1) is 15.6. The molecule has 0 fully saturated rings. The van der Waals surface area contributed by atoms with Crippen LogP contribution in [0.25, 0.3) is 0 Å². The van der Waals surface area contributed by atoms with E-state index in [1.165, 1.54) is 18.6 Å². The summed E-state index contributed by atoms with van der Waals surface area (Å²) in [6.45, 7) is 1.90. The van der Waals surface area contributed by atoms with Gasteiger partial charge in [-0.2, -0.15) is 4.98 Å². The Labute approximate surface area is 185 Å². The number of ether oxygens (including phenoxy) is 1. The van der Waals surface area contributed by atoms with Crippen LogP contribution in [0, 0.1) is 6.92 Å². The summed E-state index contributed by atoms with van der Waals surface area (Å²) in [5.41, 5.74) is 3.37. The van der Waals surface area contributed by atoms with Crippen molar-refractivity contribution in [2.45, 2.75) is 6.92 Å². The molecule has 0 spiro atoms. The van der Waals surface area contributed by atoms with Crippen LogP contribution in [0.3, 0.4) is 0 Å². The van der Waals surface area contributed by atoms with Gasteiger partial charge in [0.15, 0.2) is 0 Å². The normalized spacial score (nSPS) is 10.3. The third-order valence-electron chi connectivity index (χ3n) is 4.41. The molecule has 9 heteroatoms. The van der Waals surface area contributed by atoms with Gasteiger partial charge in [0, 0.05) is 41.2 Å². The quantitative estimate of drug-likeness (QED) is 0.399. The number of nitrogens with one attached hydrogen (secondary N) is 3. The van der Waals surface area contributed by atoms with Crippen molar-refractivity contribution in [2.24, 2.45) is 0 Å². The molecule has 0 bridgehead atoms. The van der Waals surface area contributed by atoms with Gasteiger partial charge in [-0.25, -0.2) is 9.97 Å². The summed E-state index contributed by atoms with van der Waals surface area (Å²) in [7, 11) is 1.63. The lowest BCUT2D eigenvalue weighted by Gasteiger charge is -2.11. The molecule has 0 radical (unpaired) electrons. The summed E-state index contributed by atoms with van der Waals surface area (Å²) in [4.78, 5) is 29.0. The minimum absolute atomic E-state index is 0.250. The number of nitrogens with zero attached hydrogens (tertiary/aromatic N) is 4. The van der Waals surface area contributed by atoms with Crippen molar-refractivity contribution < 1.29 is 9.53 Å². The third kappa shape index (κ3) is 5.33. The fourth-order valence-corrected chi connectivity index (χ4v) is 2.89. The lowest BCUT2D eigenvalue weighted by molar-refractivity contribution is 0.102. The fourth-order valence-electron chi connectivity index (χ4n) is 2.89. The van der Waals surface area contributed by atoms with Gasteiger partial charge in [-0.15, -0.1) is 0 Å². The molecule has 1 amide bonds. The Kier molecular flexibility index (Phi) is 6.17. The highest BCUT2D eigenvalue weighted by atomic mass is 16.5. The van der Waals surface area contributed by atoms with Crippen molar-refractivity contribution in [1.82, 2.24) is 19.9 Å². The largest absolute Gasteiger partial charge is 0.497 e. The van der Waals surface area contributed by atoms with Crippen LogP contribution in [0.15, 0.2) is 73.2 Å². The van der Waals surface area contributed by atoms with Gasteiger partial charge >= 0.3 is 0 Å². The van der Waals surface area contributed by atoms with E-state index < -0.39 is 0 Å². The standard InChI is InChI=1S/C23H21N7O2/c1-15-13-21(27-16-7-9-19(32-2)10-8-16)30-23(26-15)29-18-5-3-17(4-6-18)28-22(31)20-14-24-11-12-25-20/h3-14H,1-2H3,(H,28,31)(H2,26,27,29,30). The van der Waals surface area contributed by atoms with E-state index in [2.05, 4.69) is 35.9 Å². The van der Waals surface area contributed by atoms with Gasteiger partial charge in [-0.3, -0.25) is 9.78 Å². The molecule has 32 heavy (non-hydrogen) atoms. The Balaban J connectivity index is 1.42. The summed E-state index contributed by atoms with van der Waals surface area (Å²) in [6, 6.07) is 16.7. The van der Waals surface area contributed by atoms with Gasteiger partial charge in [0.25, 0.3) is 5.91 Å². The molecule has 2 heterocycles. The molecule has 160 valence electrons. The Bertz CT molecular complexity index is 1200. The number of carbonyl (C=O) groups is 1. The number of rotatable bonds is 7. The first-order valence-electron chi connectivity index (χ1n) is 9.80. The molecular formula is C23H21N7O2. The number of benzene rings is 2. The minimum atomic E-state index is -0.324. The number of aryl methyl sites for hydroxylation is 1. The van der Waals surface area contributed by atoms with Crippen LogP contribution in [-0.2, 0) is 0 Å². The van der Waals surface area contributed by atoms with E-state index in [1.807, 2.05) is 49.4 Å². The highest BCUT2D eigenvalue weighted by molar-refractivity contribution is 6.02. The third-order valence-corrected chi connectivity index (χ3v) is 4.41. The molecule has 2 aromatic carbocycles. The van der Waals surface area contributed by atoms with E-state index >= 15 is 0 Å². The lowest BCUT2D eigenvalue weighted by Crippen LogP contribution is -2.13. The molecule has 0 atom stereocenters. The number of anilines is 5. The zero-order chi connectivity index (χ0) is 22.3. The van der Waals surface area contributed by atoms with Gasteiger partial charge in [0.2, 0.25) is 5.95 Å². The molecule has 0 aliphatic heterocycles. The number of carbonyl (C=O) groups excluding carboxylic acids is 1. The minimum Gasteiger partial charge on any atom is -0.497 e. The average Bonchev–Trinajstić information content (AvgIpc) is 2.81. The monoisotopic (exact) mass is 427 g/mol. The predicted octanol–water partition coefficient (Wildman–Crippen LogP) is 4.32. The summed E-state index contributed by atoms with van der Waals surface area (Å²) in [5, 5.41) is 9.23. The van der Waals surface area contributed by atoms with Gasteiger partial charge in [0.05, 0.1) is 13.3 Å². The smallest absolute Gasteiger partial charge is 0.275 e. The van der Waals surface area contributed by atoms with E-state index in [1.54, 1.807) is 19.2 Å². The number of methoxy groups -OCH3 is 1. The Morgan fingerprint density at radius 3 is 2.25 bits per heavy atom. The summed E-state index contributed by atoms with van der Waals surface area (Å²) < 4.78 is 5.18. The Hall–Kier alpha value is -4.53. The van der Waals surface area contributed by atoms with E-state index in [0.717, 1.165) is 22.8 Å². The lowest BCUT2D eigenvalue weighted by atomic mass is 10.2. The zero-order valence-electron chi connectivity index (χ0n) is 17.5. The van der Waals surface area contributed by atoms with E-state index in [-0.39, 0.29) is 11.6 Å². The van der Waals surface area contributed by atoms with E-state index in [9.17, 15) is 4.79 Å².